The molecule has 0 spiro atoms. The molecule has 5 rings (SSSR count). The zero-order chi connectivity index (χ0) is 20.0. The summed E-state index contributed by atoms with van der Waals surface area (Å²) in [6, 6.07) is 12.6. The lowest BCUT2D eigenvalue weighted by atomic mass is 9.90. The van der Waals surface area contributed by atoms with E-state index in [4.69, 9.17) is 25.8 Å². The van der Waals surface area contributed by atoms with Crippen LogP contribution in [0.1, 0.15) is 22.9 Å². The zero-order valence-corrected chi connectivity index (χ0v) is 16.0. The van der Waals surface area contributed by atoms with E-state index in [9.17, 15) is 9.59 Å². The first-order valence-corrected chi connectivity index (χ1v) is 9.73. The lowest BCUT2D eigenvalue weighted by Crippen LogP contribution is -2.46. The molecular weight excluding hydrogens is 396 g/mol. The fraction of sp³-hybridized carbons (Fsp3) is 0.238. The number of hydrogen-bond donors (Lipinski definition) is 2. The second kappa shape index (κ2) is 7.09. The van der Waals surface area contributed by atoms with Gasteiger partial charge in [-0.2, -0.15) is 0 Å². The number of carbonyl (C=O) groups is 2. The normalized spacial score (nSPS) is 19.8. The Kier molecular flexibility index (Phi) is 4.41. The highest BCUT2D eigenvalue weighted by Crippen LogP contribution is 2.39. The van der Waals surface area contributed by atoms with Crippen molar-refractivity contribution in [3.8, 4) is 11.5 Å². The summed E-state index contributed by atoms with van der Waals surface area (Å²) in [5, 5.41) is 4.35. The van der Waals surface area contributed by atoms with Crippen LogP contribution in [-0.4, -0.2) is 35.6 Å². The molecule has 2 aliphatic heterocycles. The van der Waals surface area contributed by atoms with Crippen LogP contribution in [0.25, 0.3) is 10.9 Å². The van der Waals surface area contributed by atoms with Crippen LogP contribution in [0.2, 0.25) is 0 Å². The Morgan fingerprint density at radius 2 is 1.97 bits per heavy atom. The Morgan fingerprint density at radius 1 is 1.14 bits per heavy atom. The van der Waals surface area contributed by atoms with Crippen LogP contribution in [0.15, 0.2) is 42.5 Å². The van der Waals surface area contributed by atoms with E-state index < -0.39 is 18.0 Å². The molecule has 3 heterocycles. The Bertz CT molecular complexity index is 1130. The van der Waals surface area contributed by atoms with Crippen molar-refractivity contribution in [2.45, 2.75) is 18.5 Å². The lowest BCUT2D eigenvalue weighted by molar-refractivity contribution is -0.159. The first-order valence-electron chi connectivity index (χ1n) is 9.19. The molecule has 1 aromatic heterocycles. The number of aromatic nitrogens is 1. The second-order valence-corrected chi connectivity index (χ2v) is 7.23. The van der Waals surface area contributed by atoms with Gasteiger partial charge in [0.1, 0.15) is 11.9 Å². The number of H-pyrrole nitrogens is 1. The van der Waals surface area contributed by atoms with E-state index >= 15 is 0 Å². The van der Waals surface area contributed by atoms with Crippen LogP contribution in [-0.2, 0) is 20.7 Å². The highest BCUT2D eigenvalue weighted by Gasteiger charge is 2.36. The van der Waals surface area contributed by atoms with Gasteiger partial charge in [0, 0.05) is 23.0 Å². The van der Waals surface area contributed by atoms with Gasteiger partial charge in [-0.05, 0) is 29.3 Å². The van der Waals surface area contributed by atoms with Crippen LogP contribution in [0.4, 0.5) is 0 Å². The van der Waals surface area contributed by atoms with E-state index in [0.29, 0.717) is 17.9 Å². The minimum Gasteiger partial charge on any atom is -0.454 e. The molecule has 0 fully saturated rings. The number of benzene rings is 2. The molecule has 8 heteroatoms. The van der Waals surface area contributed by atoms with Crippen LogP contribution < -0.4 is 14.8 Å². The van der Waals surface area contributed by atoms with Gasteiger partial charge in [0.15, 0.2) is 11.5 Å². The van der Waals surface area contributed by atoms with Crippen molar-refractivity contribution >= 4 is 34.4 Å². The van der Waals surface area contributed by atoms with Crippen LogP contribution in [0.5, 0.6) is 11.5 Å². The molecule has 29 heavy (non-hydrogen) atoms. The van der Waals surface area contributed by atoms with Gasteiger partial charge in [0.25, 0.3) is 0 Å². The van der Waals surface area contributed by atoms with Crippen LogP contribution >= 0.6 is 11.6 Å². The van der Waals surface area contributed by atoms with Gasteiger partial charge in [-0.25, -0.2) is 4.79 Å². The first-order chi connectivity index (χ1) is 14.1. The third-order valence-corrected chi connectivity index (χ3v) is 5.47. The Morgan fingerprint density at radius 3 is 2.83 bits per heavy atom. The summed E-state index contributed by atoms with van der Waals surface area (Å²) < 4.78 is 15.8. The monoisotopic (exact) mass is 412 g/mol. The standard InChI is InChI=1S/C21H17ClN2O5/c22-9-18(25)29-21(26)15-8-13-12-3-1-2-4-14(12)23-20(13)19(24-15)11-5-6-16-17(7-11)28-10-27-16/h1-7,15,19,23-24H,8-10H2/t15-,19-/m1/s1. The van der Waals surface area contributed by atoms with E-state index in [1.165, 1.54) is 0 Å². The number of rotatable bonds is 3. The number of hydrogen-bond acceptors (Lipinski definition) is 6. The molecule has 2 atom stereocenters. The number of carbonyl (C=O) groups excluding carboxylic acids is 2. The van der Waals surface area contributed by atoms with Crippen LogP contribution in [0, 0.1) is 0 Å². The molecule has 2 aromatic carbocycles. The number of aromatic amines is 1. The van der Waals surface area contributed by atoms with Gasteiger partial charge in [0.05, 0.1) is 6.04 Å². The topological polar surface area (TPSA) is 89.7 Å². The second-order valence-electron chi connectivity index (χ2n) is 6.96. The number of alkyl halides is 1. The van der Waals surface area contributed by atoms with Gasteiger partial charge in [-0.15, -0.1) is 11.6 Å². The minimum atomic E-state index is -0.761. The maximum Gasteiger partial charge on any atom is 0.331 e. The number of fused-ring (bicyclic) bond motifs is 4. The average molecular weight is 413 g/mol. The molecule has 148 valence electrons. The van der Waals surface area contributed by atoms with Crippen molar-refractivity contribution in [3.63, 3.8) is 0 Å². The smallest absolute Gasteiger partial charge is 0.331 e. The maximum absolute atomic E-state index is 12.6. The largest absolute Gasteiger partial charge is 0.454 e. The molecule has 2 aliphatic rings. The predicted octanol–water partition coefficient (Wildman–Crippen LogP) is 2.81. The Balaban J connectivity index is 1.58. The van der Waals surface area contributed by atoms with Crippen molar-refractivity contribution in [2.75, 3.05) is 12.7 Å². The Labute approximate surface area is 170 Å². The van der Waals surface area contributed by atoms with Crippen LogP contribution in [0.3, 0.4) is 0 Å². The molecule has 0 saturated heterocycles. The van der Waals surface area contributed by atoms with Crippen molar-refractivity contribution in [3.05, 3.63) is 59.3 Å². The van der Waals surface area contributed by atoms with E-state index in [1.54, 1.807) is 0 Å². The number of halogens is 1. The highest BCUT2D eigenvalue weighted by molar-refractivity contribution is 6.27. The van der Waals surface area contributed by atoms with Crippen molar-refractivity contribution < 1.29 is 23.8 Å². The molecular formula is C21H17ClN2O5. The minimum absolute atomic E-state index is 0.185. The van der Waals surface area contributed by atoms with E-state index in [-0.39, 0.29) is 18.7 Å². The van der Waals surface area contributed by atoms with Crippen molar-refractivity contribution in [2.24, 2.45) is 0 Å². The van der Waals surface area contributed by atoms with Gasteiger partial charge in [-0.3, -0.25) is 10.1 Å². The van der Waals surface area contributed by atoms with E-state index in [2.05, 4.69) is 10.3 Å². The molecule has 0 bridgehead atoms. The highest BCUT2D eigenvalue weighted by atomic mass is 35.5. The molecule has 0 aliphatic carbocycles. The molecule has 0 unspecified atom stereocenters. The van der Waals surface area contributed by atoms with Gasteiger partial charge >= 0.3 is 11.9 Å². The average Bonchev–Trinajstić information content (AvgIpc) is 3.36. The third kappa shape index (κ3) is 3.12. The molecule has 0 radical (unpaired) electrons. The maximum atomic E-state index is 12.6. The number of nitrogens with one attached hydrogen (secondary N) is 2. The number of ether oxygens (including phenoxy) is 3. The predicted molar refractivity (Wildman–Crippen MR) is 105 cm³/mol. The quantitative estimate of drug-likeness (QED) is 0.390. The van der Waals surface area contributed by atoms with Gasteiger partial charge in [0.2, 0.25) is 6.79 Å². The summed E-state index contributed by atoms with van der Waals surface area (Å²) in [5.41, 5.74) is 3.87. The SMILES string of the molecule is O=C(CCl)OC(=O)[C@H]1Cc2c([nH]c3ccccc23)[C@@H](c2ccc3c(c2)OCO3)N1. The summed E-state index contributed by atoms with van der Waals surface area (Å²) in [4.78, 5) is 27.6. The summed E-state index contributed by atoms with van der Waals surface area (Å²) in [7, 11) is 0. The van der Waals surface area contributed by atoms with Crippen molar-refractivity contribution in [1.29, 1.82) is 0 Å². The van der Waals surface area contributed by atoms with Gasteiger partial charge < -0.3 is 19.2 Å². The first kappa shape index (κ1) is 18.0. The molecule has 0 amide bonds. The summed E-state index contributed by atoms with van der Waals surface area (Å²) in [5.74, 6) is -0.434. The fourth-order valence-electron chi connectivity index (χ4n) is 3.95. The number of para-hydroxylation sites is 1. The van der Waals surface area contributed by atoms with Crippen molar-refractivity contribution in [1.82, 2.24) is 10.3 Å². The molecule has 7 nitrogen and oxygen atoms in total. The zero-order valence-electron chi connectivity index (χ0n) is 15.2. The van der Waals surface area contributed by atoms with Gasteiger partial charge in [-0.1, -0.05) is 24.3 Å². The molecule has 2 N–H and O–H groups in total. The molecule has 3 aromatic rings. The third-order valence-electron chi connectivity index (χ3n) is 5.25. The molecule has 0 saturated carbocycles. The fourth-order valence-corrected chi connectivity index (χ4v) is 4.01. The summed E-state index contributed by atoms with van der Waals surface area (Å²) >= 11 is 5.48. The summed E-state index contributed by atoms with van der Waals surface area (Å²) in [6.45, 7) is 0.185. The van der Waals surface area contributed by atoms with E-state index in [1.807, 2.05) is 42.5 Å². The lowest BCUT2D eigenvalue weighted by Gasteiger charge is -2.30. The van der Waals surface area contributed by atoms with E-state index in [0.717, 1.165) is 27.7 Å². The Hall–Kier alpha value is -3.03. The number of esters is 2. The summed E-state index contributed by atoms with van der Waals surface area (Å²) in [6.07, 6.45) is 0.398.